The highest BCUT2D eigenvalue weighted by atomic mass is 32.2. The van der Waals surface area contributed by atoms with Crippen molar-refractivity contribution in [2.75, 3.05) is 24.3 Å². The monoisotopic (exact) mass is 469 g/mol. The van der Waals surface area contributed by atoms with Crippen molar-refractivity contribution in [1.82, 2.24) is 9.71 Å². The lowest BCUT2D eigenvalue weighted by Gasteiger charge is -2.26. The van der Waals surface area contributed by atoms with Gasteiger partial charge in [0.1, 0.15) is 24.0 Å². The number of hydrogen-bond donors (Lipinski definition) is 1. The molecule has 1 aromatic carbocycles. The minimum Gasteiger partial charge on any atom is -0.491 e. The molecule has 0 bridgehead atoms. The summed E-state index contributed by atoms with van der Waals surface area (Å²) in [6.45, 7) is 0.905. The maximum Gasteiger partial charge on any atom is 0.417 e. The highest BCUT2D eigenvalue weighted by Crippen LogP contribution is 2.45. The number of amides is 1. The summed E-state index contributed by atoms with van der Waals surface area (Å²) in [7, 11) is 0. The third-order valence-electron chi connectivity index (χ3n) is 5.73. The van der Waals surface area contributed by atoms with Crippen LogP contribution in [0.2, 0.25) is 0 Å². The number of hydrogen-bond acceptors (Lipinski definition) is 5. The van der Waals surface area contributed by atoms with E-state index in [9.17, 15) is 22.4 Å². The summed E-state index contributed by atoms with van der Waals surface area (Å²) in [4.78, 5) is 18.0. The van der Waals surface area contributed by atoms with E-state index in [1.165, 1.54) is 12.1 Å². The number of carbonyl (C=O) groups excluding carboxylic acids is 1. The molecule has 1 aliphatic carbocycles. The molecule has 1 saturated heterocycles. The van der Waals surface area contributed by atoms with Crippen LogP contribution in [0.25, 0.3) is 0 Å². The summed E-state index contributed by atoms with van der Waals surface area (Å²) >= 11 is 1.10. The zero-order valence-corrected chi connectivity index (χ0v) is 18.2. The maximum absolute atomic E-state index is 14.6. The first kappa shape index (κ1) is 22.7. The van der Waals surface area contributed by atoms with E-state index >= 15 is 0 Å². The van der Waals surface area contributed by atoms with Crippen molar-refractivity contribution in [3.05, 3.63) is 53.0 Å². The van der Waals surface area contributed by atoms with Gasteiger partial charge in [-0.1, -0.05) is 11.9 Å². The second-order valence-electron chi connectivity index (χ2n) is 7.98. The standard InChI is InChI=1S/C22H23F4N3O2S/c1-32-28-21(30)17-9-16(13-4-5-13)19(10-18(17)23)31-12-15-3-2-8-29(15)20-7-6-14(11-27-20)22(24,25)26/h6-7,9-11,13,15H,2-5,8,12H2,1H3,(H,28,30). The van der Waals surface area contributed by atoms with Gasteiger partial charge in [-0.25, -0.2) is 9.37 Å². The average Bonchev–Trinajstić information content (AvgIpc) is 3.49. The summed E-state index contributed by atoms with van der Waals surface area (Å²) in [6, 6.07) is 5.14. The van der Waals surface area contributed by atoms with Gasteiger partial charge in [-0.15, -0.1) is 0 Å². The van der Waals surface area contributed by atoms with E-state index in [0.717, 1.165) is 55.5 Å². The van der Waals surface area contributed by atoms with E-state index in [1.807, 2.05) is 4.90 Å². The fraction of sp³-hybridized carbons (Fsp3) is 0.455. The molecule has 2 fully saturated rings. The van der Waals surface area contributed by atoms with Crippen LogP contribution in [-0.2, 0) is 6.18 Å². The largest absolute Gasteiger partial charge is 0.491 e. The predicted octanol–water partition coefficient (Wildman–Crippen LogP) is 5.17. The molecule has 2 aromatic rings. The lowest BCUT2D eigenvalue weighted by atomic mass is 10.0. The average molecular weight is 470 g/mol. The Labute approximate surface area is 187 Å². The van der Waals surface area contributed by atoms with Gasteiger partial charge in [-0.2, -0.15) is 13.2 Å². The smallest absolute Gasteiger partial charge is 0.417 e. The lowest BCUT2D eigenvalue weighted by molar-refractivity contribution is -0.137. The molecule has 1 aliphatic heterocycles. The second-order valence-corrected chi connectivity index (χ2v) is 8.60. The Hall–Kier alpha value is -2.49. The summed E-state index contributed by atoms with van der Waals surface area (Å²) in [5, 5.41) is 0. The summed E-state index contributed by atoms with van der Waals surface area (Å²) in [6.07, 6.45) is 1.65. The molecule has 1 atom stereocenters. The molecule has 172 valence electrons. The molecule has 1 aromatic heterocycles. The summed E-state index contributed by atoms with van der Waals surface area (Å²) in [5.41, 5.74) is 0.0169. The number of ether oxygens (including phenoxy) is 1. The first-order chi connectivity index (χ1) is 15.3. The van der Waals surface area contributed by atoms with Crippen molar-refractivity contribution >= 4 is 23.7 Å². The van der Waals surface area contributed by atoms with Gasteiger partial charge in [0.25, 0.3) is 5.91 Å². The third-order valence-corrected chi connectivity index (χ3v) is 6.12. The van der Waals surface area contributed by atoms with Crippen molar-refractivity contribution in [3.8, 4) is 5.75 Å². The van der Waals surface area contributed by atoms with Crippen molar-refractivity contribution in [3.63, 3.8) is 0 Å². The number of aromatic nitrogens is 1. The van der Waals surface area contributed by atoms with E-state index in [0.29, 0.717) is 18.1 Å². The van der Waals surface area contributed by atoms with Gasteiger partial charge in [0.2, 0.25) is 0 Å². The van der Waals surface area contributed by atoms with Gasteiger partial charge >= 0.3 is 6.18 Å². The molecule has 1 unspecified atom stereocenters. The summed E-state index contributed by atoms with van der Waals surface area (Å²) < 4.78 is 61.6. The number of carbonyl (C=O) groups is 1. The molecular weight excluding hydrogens is 446 g/mol. The van der Waals surface area contributed by atoms with Gasteiger partial charge in [0, 0.05) is 25.1 Å². The van der Waals surface area contributed by atoms with Crippen LogP contribution in [-0.4, -0.2) is 36.3 Å². The Morgan fingerprint density at radius 2 is 2.06 bits per heavy atom. The Morgan fingerprint density at radius 1 is 1.28 bits per heavy atom. The van der Waals surface area contributed by atoms with Crippen LogP contribution in [0.5, 0.6) is 5.75 Å². The molecule has 4 rings (SSSR count). The third kappa shape index (κ3) is 4.95. The van der Waals surface area contributed by atoms with E-state index in [2.05, 4.69) is 9.71 Å². The number of pyridine rings is 1. The minimum atomic E-state index is -4.43. The van der Waals surface area contributed by atoms with Gasteiger partial charge in [0.15, 0.2) is 0 Å². The number of benzene rings is 1. The lowest BCUT2D eigenvalue weighted by Crippen LogP contribution is -2.35. The molecule has 1 N–H and O–H groups in total. The molecule has 2 aliphatic rings. The van der Waals surface area contributed by atoms with Gasteiger partial charge < -0.3 is 9.64 Å². The van der Waals surface area contributed by atoms with Crippen LogP contribution >= 0.6 is 11.9 Å². The molecule has 0 radical (unpaired) electrons. The van der Waals surface area contributed by atoms with Crippen LogP contribution in [0.4, 0.5) is 23.4 Å². The van der Waals surface area contributed by atoms with E-state index < -0.39 is 23.5 Å². The summed E-state index contributed by atoms with van der Waals surface area (Å²) in [5.74, 6) is -0.0233. The molecule has 1 amide bonds. The van der Waals surface area contributed by atoms with Crippen molar-refractivity contribution in [1.29, 1.82) is 0 Å². The van der Waals surface area contributed by atoms with Crippen LogP contribution < -0.4 is 14.4 Å². The topological polar surface area (TPSA) is 54.5 Å². The zero-order valence-electron chi connectivity index (χ0n) is 17.4. The number of halogens is 4. The molecule has 0 spiro atoms. The number of nitrogens with zero attached hydrogens (tertiary/aromatic N) is 2. The number of rotatable bonds is 7. The normalized spacial score (nSPS) is 18.7. The molecular formula is C22H23F4N3O2S. The van der Waals surface area contributed by atoms with Crippen molar-refractivity contribution in [2.24, 2.45) is 0 Å². The Morgan fingerprint density at radius 3 is 2.69 bits per heavy atom. The Bertz CT molecular complexity index is 980. The second kappa shape index (κ2) is 9.17. The molecule has 5 nitrogen and oxygen atoms in total. The SMILES string of the molecule is CSNC(=O)c1cc(C2CC2)c(OCC2CCCN2c2ccc(C(F)(F)F)cn2)cc1F. The number of anilines is 1. The van der Waals surface area contributed by atoms with Crippen molar-refractivity contribution < 1.29 is 27.1 Å². The zero-order chi connectivity index (χ0) is 22.9. The van der Waals surface area contributed by atoms with Crippen LogP contribution in [0, 0.1) is 5.82 Å². The number of nitrogens with one attached hydrogen (secondary N) is 1. The van der Waals surface area contributed by atoms with Gasteiger partial charge in [0.05, 0.1) is 17.2 Å². The van der Waals surface area contributed by atoms with E-state index in [4.69, 9.17) is 4.74 Å². The van der Waals surface area contributed by atoms with Crippen LogP contribution in [0.15, 0.2) is 30.5 Å². The molecule has 32 heavy (non-hydrogen) atoms. The quantitative estimate of drug-likeness (QED) is 0.448. The fourth-order valence-corrected chi connectivity index (χ4v) is 4.25. The Balaban J connectivity index is 1.49. The first-order valence-electron chi connectivity index (χ1n) is 10.4. The Kier molecular flexibility index (Phi) is 6.50. The van der Waals surface area contributed by atoms with Gasteiger partial charge in [-0.05, 0) is 55.4 Å². The first-order valence-corrected chi connectivity index (χ1v) is 11.6. The van der Waals surface area contributed by atoms with Gasteiger partial charge in [-0.3, -0.25) is 9.52 Å². The fourth-order valence-electron chi connectivity index (χ4n) is 3.95. The molecule has 2 heterocycles. The van der Waals surface area contributed by atoms with Crippen LogP contribution in [0.3, 0.4) is 0 Å². The van der Waals surface area contributed by atoms with Crippen molar-refractivity contribution in [2.45, 2.75) is 43.8 Å². The highest BCUT2D eigenvalue weighted by Gasteiger charge is 2.33. The van der Waals surface area contributed by atoms with Crippen LogP contribution in [0.1, 0.15) is 53.1 Å². The molecule has 1 saturated carbocycles. The highest BCUT2D eigenvalue weighted by molar-refractivity contribution is 7.97. The minimum absolute atomic E-state index is 0.00922. The molecule has 10 heteroatoms. The number of alkyl halides is 3. The predicted molar refractivity (Wildman–Crippen MR) is 114 cm³/mol. The van der Waals surface area contributed by atoms with E-state index in [-0.39, 0.29) is 24.1 Å². The van der Waals surface area contributed by atoms with E-state index in [1.54, 1.807) is 12.3 Å². The maximum atomic E-state index is 14.6.